The molecule has 0 bridgehead atoms. The zero-order chi connectivity index (χ0) is 28.9. The van der Waals surface area contributed by atoms with E-state index in [2.05, 4.69) is 22.3 Å². The Morgan fingerprint density at radius 3 is 2.59 bits per heavy atom. The van der Waals surface area contributed by atoms with Crippen molar-refractivity contribution < 1.29 is 29.0 Å². The van der Waals surface area contributed by atoms with Crippen molar-refractivity contribution in [1.29, 1.82) is 0 Å². The third-order valence-corrected chi connectivity index (χ3v) is 6.11. The van der Waals surface area contributed by atoms with Crippen LogP contribution in [-0.2, 0) is 19.2 Å². The Bertz CT molecular complexity index is 917. The van der Waals surface area contributed by atoms with Gasteiger partial charge in [0.05, 0.1) is 6.61 Å². The number of ether oxygens (including phenoxy) is 2. The van der Waals surface area contributed by atoms with Gasteiger partial charge in [0.2, 0.25) is 5.91 Å². The van der Waals surface area contributed by atoms with Crippen LogP contribution in [0.1, 0.15) is 78.6 Å². The number of carbonyl (C=O) groups excluding carboxylic acids is 2. The highest BCUT2D eigenvalue weighted by atomic mass is 35.5. The van der Waals surface area contributed by atoms with E-state index < -0.39 is 23.2 Å². The van der Waals surface area contributed by atoms with E-state index in [4.69, 9.17) is 21.1 Å². The molecule has 1 aliphatic carbocycles. The van der Waals surface area contributed by atoms with Gasteiger partial charge in [0.15, 0.2) is 0 Å². The highest BCUT2D eigenvalue weighted by molar-refractivity contribution is 6.30. The van der Waals surface area contributed by atoms with Crippen molar-refractivity contribution in [2.24, 2.45) is 5.92 Å². The number of rotatable bonds is 15. The van der Waals surface area contributed by atoms with E-state index in [9.17, 15) is 19.7 Å². The van der Waals surface area contributed by atoms with Gasteiger partial charge in [-0.3, -0.25) is 4.79 Å². The van der Waals surface area contributed by atoms with Crippen molar-refractivity contribution in [2.75, 3.05) is 13.2 Å². The Labute approximate surface area is 237 Å². The zero-order valence-electron chi connectivity index (χ0n) is 23.3. The number of allylic oxidation sites excluding steroid dienone is 3. The van der Waals surface area contributed by atoms with E-state index in [1.165, 1.54) is 46.0 Å². The van der Waals surface area contributed by atoms with Crippen LogP contribution in [0, 0.1) is 16.0 Å². The minimum Gasteiger partial charge on any atom is -0.493 e. The Hall–Kier alpha value is -3.07. The average molecular weight is 567 g/mol. The van der Waals surface area contributed by atoms with Gasteiger partial charge in [0, 0.05) is 11.4 Å². The molecule has 0 spiro atoms. The van der Waals surface area contributed by atoms with Crippen LogP contribution in [0.3, 0.4) is 0 Å². The Kier molecular flexibility index (Phi) is 18.1. The van der Waals surface area contributed by atoms with E-state index in [-0.39, 0.29) is 12.5 Å². The fourth-order valence-corrected chi connectivity index (χ4v) is 4.02. The van der Waals surface area contributed by atoms with Crippen molar-refractivity contribution in [2.45, 2.75) is 90.7 Å². The summed E-state index contributed by atoms with van der Waals surface area (Å²) in [7, 11) is 0. The number of amides is 1. The normalized spacial score (nSPS) is 15.2. The van der Waals surface area contributed by atoms with Crippen LogP contribution in [0.4, 0.5) is 0 Å². The molecule has 2 atom stereocenters. The third-order valence-electron chi connectivity index (χ3n) is 5.88. The fraction of sp³-hybridized carbons (Fsp3) is 0.586. The van der Waals surface area contributed by atoms with Crippen LogP contribution in [-0.4, -0.2) is 42.3 Å². The maximum Gasteiger partial charge on any atom is 0.328 e. The number of carbonyl (C=O) groups is 2. The topological polar surface area (TPSA) is 117 Å². The summed E-state index contributed by atoms with van der Waals surface area (Å²) in [6, 6.07) is 6.76. The average Bonchev–Trinajstić information content (AvgIpc) is 2.90. The van der Waals surface area contributed by atoms with E-state index in [1.807, 2.05) is 43.3 Å². The molecule has 1 N–H and O–H groups in total. The lowest BCUT2D eigenvalue weighted by Gasteiger charge is -2.17. The second-order valence-electron chi connectivity index (χ2n) is 9.44. The van der Waals surface area contributed by atoms with Crippen molar-refractivity contribution in [3.63, 3.8) is 0 Å². The van der Waals surface area contributed by atoms with Crippen LogP contribution < -0.4 is 10.1 Å². The molecule has 218 valence electrons. The summed E-state index contributed by atoms with van der Waals surface area (Å²) in [6.07, 6.45) is 17.4. The second kappa shape index (κ2) is 20.8. The van der Waals surface area contributed by atoms with Crippen LogP contribution >= 0.6 is 11.6 Å². The van der Waals surface area contributed by atoms with Gasteiger partial charge in [-0.05, 0) is 77.0 Å². The first-order valence-corrected chi connectivity index (χ1v) is 14.0. The number of nitrogens with zero attached hydrogens (tertiary/aromatic N) is 1. The van der Waals surface area contributed by atoms with Gasteiger partial charge < -0.3 is 19.6 Å². The molecule has 0 aliphatic heterocycles. The summed E-state index contributed by atoms with van der Waals surface area (Å²) in [5.74, 6) is 0.771. The number of unbranched alkanes of at least 4 members (excludes halogenated alkanes) is 1. The summed E-state index contributed by atoms with van der Waals surface area (Å²) < 4.78 is 10.5. The number of halogens is 1. The number of benzene rings is 1. The molecular weight excluding hydrogens is 524 g/mol. The Balaban J connectivity index is 0.000000393. The fourth-order valence-electron chi connectivity index (χ4n) is 3.84. The monoisotopic (exact) mass is 566 g/mol. The molecule has 9 nitrogen and oxygen atoms in total. The van der Waals surface area contributed by atoms with E-state index in [0.29, 0.717) is 12.8 Å². The molecular formula is C29H43ClN2O7. The molecule has 2 rings (SSSR count). The maximum atomic E-state index is 11.6. The number of hydrogen-bond donors (Lipinski definition) is 1. The van der Waals surface area contributed by atoms with Crippen molar-refractivity contribution in [3.8, 4) is 5.75 Å². The summed E-state index contributed by atoms with van der Waals surface area (Å²) >= 11 is 5.89. The molecule has 1 aromatic carbocycles. The molecule has 1 aliphatic rings. The van der Waals surface area contributed by atoms with Crippen LogP contribution in [0.5, 0.6) is 5.75 Å². The van der Waals surface area contributed by atoms with E-state index >= 15 is 0 Å². The highest BCUT2D eigenvalue weighted by Gasteiger charge is 2.18. The second-order valence-corrected chi connectivity index (χ2v) is 9.88. The van der Waals surface area contributed by atoms with E-state index in [1.54, 1.807) is 0 Å². The standard InChI is InChI=1S/C16H21ClO.C13H22N2O6/c17-15-10-6-11-16(13-15)18-12-5-4-9-14-7-2-1-3-8-14;1-4-5-6-7-8-12(16)14-11(3)13(17)20-9-10(2)21-15(18)19/h4,6,9-11,13-14H,1-3,5,7-8,12H2;4-5,10-11H,6-9H2,1-3H3,(H,14,16)/b9-4+;5-4-. The van der Waals surface area contributed by atoms with Crippen molar-refractivity contribution >= 4 is 23.5 Å². The van der Waals surface area contributed by atoms with Crippen LogP contribution in [0.2, 0.25) is 5.02 Å². The summed E-state index contributed by atoms with van der Waals surface area (Å²) in [5, 5.41) is 12.3. The lowest BCUT2D eigenvalue weighted by atomic mass is 9.89. The smallest absolute Gasteiger partial charge is 0.328 e. The van der Waals surface area contributed by atoms with Crippen LogP contribution in [0.25, 0.3) is 0 Å². The van der Waals surface area contributed by atoms with Gasteiger partial charge in [-0.15, -0.1) is 10.1 Å². The van der Waals surface area contributed by atoms with Gasteiger partial charge >= 0.3 is 5.97 Å². The third kappa shape index (κ3) is 18.0. The van der Waals surface area contributed by atoms with Gasteiger partial charge in [-0.25, -0.2) is 4.79 Å². The zero-order valence-corrected chi connectivity index (χ0v) is 24.1. The first-order chi connectivity index (χ1) is 18.7. The predicted octanol–water partition coefficient (Wildman–Crippen LogP) is 6.62. The lowest BCUT2D eigenvalue weighted by Crippen LogP contribution is -2.40. The van der Waals surface area contributed by atoms with Gasteiger partial charge in [0.1, 0.15) is 24.5 Å². The summed E-state index contributed by atoms with van der Waals surface area (Å²) in [6.45, 7) is 5.28. The molecule has 0 saturated heterocycles. The quantitative estimate of drug-likeness (QED) is 0.0832. The highest BCUT2D eigenvalue weighted by Crippen LogP contribution is 2.24. The minimum atomic E-state index is -0.950. The summed E-state index contributed by atoms with van der Waals surface area (Å²) in [4.78, 5) is 37.4. The molecule has 10 heteroatoms. The largest absolute Gasteiger partial charge is 0.493 e. The molecule has 1 aromatic rings. The van der Waals surface area contributed by atoms with E-state index in [0.717, 1.165) is 36.1 Å². The molecule has 1 fully saturated rings. The minimum absolute atomic E-state index is 0.237. The number of hydrogen-bond acceptors (Lipinski definition) is 7. The Morgan fingerprint density at radius 1 is 1.18 bits per heavy atom. The number of nitrogens with one attached hydrogen (secondary N) is 1. The Morgan fingerprint density at radius 2 is 1.92 bits per heavy atom. The lowest BCUT2D eigenvalue weighted by molar-refractivity contribution is -0.767. The van der Waals surface area contributed by atoms with Crippen molar-refractivity contribution in [3.05, 3.63) is 63.7 Å². The number of esters is 1. The molecule has 39 heavy (non-hydrogen) atoms. The first kappa shape index (κ1) is 34.0. The van der Waals surface area contributed by atoms with Gasteiger partial charge in [0.25, 0.3) is 5.09 Å². The summed E-state index contributed by atoms with van der Waals surface area (Å²) in [5.41, 5.74) is 0. The first-order valence-electron chi connectivity index (χ1n) is 13.6. The molecule has 0 heterocycles. The maximum absolute atomic E-state index is 11.6. The van der Waals surface area contributed by atoms with Crippen molar-refractivity contribution in [1.82, 2.24) is 5.32 Å². The SMILES string of the molecule is C/C=C\CCCC(=O)NC(C)C(=O)OCC(C)O[N+](=O)[O-].Clc1cccc(OCC/C=C/C2CCCCC2)c1. The molecule has 1 saturated carbocycles. The van der Waals surface area contributed by atoms with Crippen LogP contribution in [0.15, 0.2) is 48.6 Å². The molecule has 2 unspecified atom stereocenters. The molecule has 0 aromatic heterocycles. The predicted molar refractivity (Wildman–Crippen MR) is 152 cm³/mol. The molecule has 0 radical (unpaired) electrons. The molecule has 1 amide bonds. The van der Waals surface area contributed by atoms with Gasteiger partial charge in [-0.1, -0.05) is 61.2 Å². The van der Waals surface area contributed by atoms with Gasteiger partial charge in [-0.2, -0.15) is 0 Å².